The van der Waals surface area contributed by atoms with Gasteiger partial charge in [-0.3, -0.25) is 0 Å². The monoisotopic (exact) mass is 405 g/mol. The molecule has 1 saturated heterocycles. The van der Waals surface area contributed by atoms with Crippen LogP contribution in [0.1, 0.15) is 46.5 Å². The van der Waals surface area contributed by atoms with Gasteiger partial charge in [0.1, 0.15) is 17.7 Å². The van der Waals surface area contributed by atoms with Crippen LogP contribution in [0.25, 0.3) is 0 Å². The summed E-state index contributed by atoms with van der Waals surface area (Å²) in [6, 6.07) is 0. The minimum atomic E-state index is -4.90. The highest BCUT2D eigenvalue weighted by molar-refractivity contribution is 7.90. The molecule has 0 aromatic rings. The Balaban J connectivity index is 2.91. The van der Waals surface area contributed by atoms with E-state index in [1.54, 1.807) is 0 Å². The van der Waals surface area contributed by atoms with E-state index in [1.165, 1.54) is 14.0 Å². The van der Waals surface area contributed by atoms with E-state index in [4.69, 9.17) is 18.9 Å². The highest BCUT2D eigenvalue weighted by atomic mass is 32.2. The van der Waals surface area contributed by atoms with Crippen LogP contribution < -0.4 is 4.72 Å². The van der Waals surface area contributed by atoms with Crippen LogP contribution in [0.15, 0.2) is 0 Å². The Bertz CT molecular complexity index is 405. The normalized spacial score (nSPS) is 30.7. The maximum Gasteiger partial charge on any atom is 0.592 e. The van der Waals surface area contributed by atoms with Crippen LogP contribution in [0.3, 0.4) is 0 Å². The predicted octanol–water partition coefficient (Wildman–Crippen LogP) is 2.89. The lowest BCUT2D eigenvalue weighted by Crippen LogP contribution is -2.62. The van der Waals surface area contributed by atoms with Crippen LogP contribution >= 0.6 is 0 Å². The molecule has 0 aromatic carbocycles. The second-order valence-corrected chi connectivity index (χ2v) is 7.62. The van der Waals surface area contributed by atoms with E-state index in [-0.39, 0.29) is 6.61 Å². The first kappa shape index (κ1) is 23.9. The second kappa shape index (κ2) is 11.0. The smallest absolute Gasteiger partial charge is 0.591 e. The van der Waals surface area contributed by atoms with Gasteiger partial charge in [-0.15, -0.1) is 17.9 Å². The van der Waals surface area contributed by atoms with E-state index < -0.39 is 40.9 Å². The molecule has 1 heterocycles. The third-order valence-corrected chi connectivity index (χ3v) is 5.22. The molecule has 0 saturated carbocycles. The third kappa shape index (κ3) is 6.50. The fraction of sp³-hybridized carbons (Fsp3) is 1.00. The molecule has 10 heteroatoms. The zero-order chi connectivity index (χ0) is 19.8. The minimum absolute atomic E-state index is 0.159. The Kier molecular flexibility index (Phi) is 10.2. The molecule has 1 rings (SSSR count). The summed E-state index contributed by atoms with van der Waals surface area (Å²) >= 11 is -3.27. The van der Waals surface area contributed by atoms with Gasteiger partial charge < -0.3 is 23.5 Å². The lowest BCUT2D eigenvalue weighted by atomic mass is 9.94. The van der Waals surface area contributed by atoms with E-state index in [2.05, 4.69) is 4.72 Å². The molecular formula is C16H30F3NO5S. The van der Waals surface area contributed by atoms with E-state index >= 15 is 0 Å². The van der Waals surface area contributed by atoms with Crippen molar-refractivity contribution >= 4 is 11.4 Å². The highest BCUT2D eigenvalue weighted by Crippen LogP contribution is 2.37. The maximum atomic E-state index is 12.8. The van der Waals surface area contributed by atoms with Crippen LogP contribution in [0, 0.1) is 0 Å². The summed E-state index contributed by atoms with van der Waals surface area (Å²) in [4.78, 5) is 0. The second-order valence-electron chi connectivity index (χ2n) is 6.41. The summed E-state index contributed by atoms with van der Waals surface area (Å²) < 4.78 is 74.5. The Morgan fingerprint density at radius 1 is 1.19 bits per heavy atom. The number of hydrogen-bond acceptors (Lipinski definition) is 6. The zero-order valence-corrected chi connectivity index (χ0v) is 16.6. The molecule has 0 aliphatic carbocycles. The Morgan fingerprint density at radius 2 is 1.81 bits per heavy atom. The molecule has 0 spiro atoms. The summed E-state index contributed by atoms with van der Waals surface area (Å²) in [6.07, 6.45) is 0.971. The summed E-state index contributed by atoms with van der Waals surface area (Å²) in [5.41, 5.74) is -6.34. The Hall–Kier alpha value is -0.100. The highest BCUT2D eigenvalue weighted by Gasteiger charge is 2.61. The number of hydrogen-bond donors (Lipinski definition) is 1. The minimum Gasteiger partial charge on any atom is -0.591 e. The first-order valence-electron chi connectivity index (χ1n) is 8.84. The zero-order valence-electron chi connectivity index (χ0n) is 15.8. The van der Waals surface area contributed by atoms with Gasteiger partial charge in [0, 0.05) is 20.3 Å². The van der Waals surface area contributed by atoms with E-state index in [1.807, 2.05) is 13.8 Å². The van der Waals surface area contributed by atoms with Gasteiger partial charge in [-0.1, -0.05) is 26.7 Å². The van der Waals surface area contributed by atoms with E-state index in [0.29, 0.717) is 13.2 Å². The average molecular weight is 405 g/mol. The van der Waals surface area contributed by atoms with Crippen molar-refractivity contribution in [2.45, 2.75) is 76.0 Å². The molecule has 26 heavy (non-hydrogen) atoms. The molecule has 1 unspecified atom stereocenters. The fourth-order valence-corrected chi connectivity index (χ4v) is 3.49. The number of unbranched alkanes of at least 4 members (excludes halogenated alkanes) is 2. The van der Waals surface area contributed by atoms with Crippen LogP contribution in [0.2, 0.25) is 0 Å². The Labute approximate surface area is 156 Å². The number of rotatable bonds is 12. The van der Waals surface area contributed by atoms with Gasteiger partial charge >= 0.3 is 5.51 Å². The number of halogens is 3. The average Bonchev–Trinajstić information content (AvgIpc) is 2.83. The molecule has 6 nitrogen and oxygen atoms in total. The van der Waals surface area contributed by atoms with Crippen molar-refractivity contribution in [1.82, 2.24) is 4.72 Å². The van der Waals surface area contributed by atoms with Crippen LogP contribution in [0.5, 0.6) is 0 Å². The summed E-state index contributed by atoms with van der Waals surface area (Å²) in [5, 5.41) is 0. The molecule has 0 aromatic heterocycles. The maximum absolute atomic E-state index is 12.8. The van der Waals surface area contributed by atoms with Crippen molar-refractivity contribution in [3.63, 3.8) is 0 Å². The summed E-state index contributed by atoms with van der Waals surface area (Å²) in [5.74, 6) is 0. The molecule has 1 aliphatic heterocycles. The third-order valence-electron chi connectivity index (χ3n) is 4.17. The molecular weight excluding hydrogens is 375 g/mol. The van der Waals surface area contributed by atoms with Crippen LogP contribution in [-0.2, 0) is 30.3 Å². The first-order valence-corrected chi connectivity index (χ1v) is 9.99. The largest absolute Gasteiger partial charge is 0.592 e. The summed E-state index contributed by atoms with van der Waals surface area (Å²) in [6.45, 7) is 6.51. The van der Waals surface area contributed by atoms with Gasteiger partial charge in [0.15, 0.2) is 17.7 Å². The van der Waals surface area contributed by atoms with Crippen molar-refractivity contribution in [3.8, 4) is 0 Å². The van der Waals surface area contributed by atoms with Gasteiger partial charge in [0.2, 0.25) is 0 Å². The van der Waals surface area contributed by atoms with Crippen molar-refractivity contribution in [3.05, 3.63) is 0 Å². The lowest BCUT2D eigenvalue weighted by Gasteiger charge is -2.34. The predicted molar refractivity (Wildman–Crippen MR) is 91.8 cm³/mol. The quantitative estimate of drug-likeness (QED) is 0.398. The van der Waals surface area contributed by atoms with Gasteiger partial charge in [-0.25, -0.2) is 0 Å². The number of ether oxygens (including phenoxy) is 4. The molecule has 0 amide bonds. The molecule has 1 fully saturated rings. The van der Waals surface area contributed by atoms with Gasteiger partial charge in [-0.2, -0.15) is 0 Å². The van der Waals surface area contributed by atoms with Crippen molar-refractivity contribution in [2.24, 2.45) is 0 Å². The number of alkyl halides is 3. The summed E-state index contributed by atoms with van der Waals surface area (Å²) in [7, 11) is 1.32. The van der Waals surface area contributed by atoms with E-state index in [9.17, 15) is 17.7 Å². The molecule has 0 bridgehead atoms. The van der Waals surface area contributed by atoms with Crippen molar-refractivity contribution < 1.29 is 36.7 Å². The number of nitrogens with one attached hydrogen (secondary N) is 1. The SMILES string of the molecule is CCCCOC[C@H]1O[C@H](OC)[C@](C)(N[S+]([O-])C(F)(F)F)[C@@H]1OCCCC. The molecule has 156 valence electrons. The van der Waals surface area contributed by atoms with Crippen LogP contribution in [0.4, 0.5) is 13.2 Å². The lowest BCUT2D eigenvalue weighted by molar-refractivity contribution is -0.148. The van der Waals surface area contributed by atoms with Gasteiger partial charge in [0.25, 0.3) is 0 Å². The molecule has 1 aliphatic rings. The first-order chi connectivity index (χ1) is 12.2. The standard InChI is InChI=1S/C16H30F3NO5S/c1-5-7-9-23-11-12-13(24-10-8-6-2)15(3,14(22-4)25-12)20-26(21)16(17,18)19/h12-14,20H,5-11H2,1-4H3/t12-,13-,14+,15-,26?/m1/s1. The molecule has 0 radical (unpaired) electrons. The van der Waals surface area contributed by atoms with Gasteiger partial charge in [0.05, 0.1) is 6.61 Å². The van der Waals surface area contributed by atoms with Gasteiger partial charge in [-0.05, 0) is 19.8 Å². The van der Waals surface area contributed by atoms with Crippen molar-refractivity contribution in [2.75, 3.05) is 26.9 Å². The van der Waals surface area contributed by atoms with E-state index in [0.717, 1.165) is 25.7 Å². The fourth-order valence-electron chi connectivity index (χ4n) is 2.76. The number of methoxy groups -OCH3 is 1. The molecule has 1 N–H and O–H groups in total. The van der Waals surface area contributed by atoms with Crippen LogP contribution in [-0.4, -0.2) is 61.0 Å². The topological polar surface area (TPSA) is 72.0 Å². The molecule has 5 atom stereocenters. The Morgan fingerprint density at radius 3 is 2.35 bits per heavy atom. The van der Waals surface area contributed by atoms with Crippen molar-refractivity contribution in [1.29, 1.82) is 0 Å².